The molecule has 3 aromatic carbocycles. The number of hydrogen-bond acceptors (Lipinski definition) is 3. The Bertz CT molecular complexity index is 1220. The highest BCUT2D eigenvalue weighted by Gasteiger charge is 2.35. The molecule has 1 heterocycles. The molecule has 0 spiro atoms. The van der Waals surface area contributed by atoms with E-state index in [4.69, 9.17) is 11.6 Å². The Balaban J connectivity index is 1.41. The van der Waals surface area contributed by atoms with Crippen LogP contribution in [-0.4, -0.2) is 24.3 Å². The zero-order valence-electron chi connectivity index (χ0n) is 18.4. The maximum Gasteiger partial charge on any atom is 0.255 e. The van der Waals surface area contributed by atoms with E-state index >= 15 is 0 Å². The summed E-state index contributed by atoms with van der Waals surface area (Å²) in [6.07, 6.45) is 0.126. The number of benzene rings is 3. The van der Waals surface area contributed by atoms with Gasteiger partial charge in [0.1, 0.15) is 0 Å². The molecule has 0 aliphatic carbocycles. The molecule has 0 bridgehead atoms. The van der Waals surface area contributed by atoms with Crippen LogP contribution >= 0.6 is 11.6 Å². The Morgan fingerprint density at radius 2 is 1.73 bits per heavy atom. The van der Waals surface area contributed by atoms with Crippen LogP contribution in [-0.2, 0) is 9.59 Å². The van der Waals surface area contributed by atoms with Crippen molar-refractivity contribution >= 4 is 46.4 Å². The van der Waals surface area contributed by atoms with Crippen molar-refractivity contribution in [3.05, 3.63) is 88.4 Å². The van der Waals surface area contributed by atoms with E-state index in [1.807, 2.05) is 32.0 Å². The molecule has 6 nitrogen and oxygen atoms in total. The highest BCUT2D eigenvalue weighted by molar-refractivity contribution is 6.30. The first-order chi connectivity index (χ1) is 15.8. The number of aryl methyl sites for hydroxylation is 2. The fourth-order valence-corrected chi connectivity index (χ4v) is 4.01. The molecule has 0 radical (unpaired) electrons. The summed E-state index contributed by atoms with van der Waals surface area (Å²) < 4.78 is 0. The Kier molecular flexibility index (Phi) is 6.47. The molecule has 7 heteroatoms. The van der Waals surface area contributed by atoms with E-state index in [2.05, 4.69) is 10.6 Å². The number of carbonyl (C=O) groups is 3. The Morgan fingerprint density at radius 3 is 2.45 bits per heavy atom. The van der Waals surface area contributed by atoms with Crippen LogP contribution in [0.3, 0.4) is 0 Å². The third-order valence-electron chi connectivity index (χ3n) is 5.66. The number of halogens is 1. The van der Waals surface area contributed by atoms with E-state index in [1.165, 1.54) is 0 Å². The molecule has 1 aliphatic heterocycles. The van der Waals surface area contributed by atoms with Gasteiger partial charge in [0, 0.05) is 40.6 Å². The summed E-state index contributed by atoms with van der Waals surface area (Å²) in [4.78, 5) is 39.6. The number of hydrogen-bond donors (Lipinski definition) is 2. The van der Waals surface area contributed by atoms with Crippen LogP contribution in [0.5, 0.6) is 0 Å². The highest BCUT2D eigenvalue weighted by atomic mass is 35.5. The van der Waals surface area contributed by atoms with Crippen molar-refractivity contribution in [1.29, 1.82) is 0 Å². The Morgan fingerprint density at radius 1 is 0.970 bits per heavy atom. The number of rotatable bonds is 5. The predicted molar refractivity (Wildman–Crippen MR) is 131 cm³/mol. The van der Waals surface area contributed by atoms with Crippen LogP contribution in [0.2, 0.25) is 5.02 Å². The van der Waals surface area contributed by atoms with Crippen molar-refractivity contribution in [3.63, 3.8) is 0 Å². The van der Waals surface area contributed by atoms with Crippen LogP contribution in [0.4, 0.5) is 17.1 Å². The molecule has 2 N–H and O–H groups in total. The molecule has 0 aromatic heterocycles. The van der Waals surface area contributed by atoms with Crippen molar-refractivity contribution in [3.8, 4) is 0 Å². The minimum atomic E-state index is -0.485. The second kappa shape index (κ2) is 9.46. The molecular weight excluding hydrogens is 438 g/mol. The minimum Gasteiger partial charge on any atom is -0.326 e. The topological polar surface area (TPSA) is 78.5 Å². The third kappa shape index (κ3) is 5.23. The number of nitrogens with one attached hydrogen (secondary N) is 2. The molecule has 33 heavy (non-hydrogen) atoms. The standard InChI is InChI=1S/C26H24ClN3O3/c1-16-6-11-23(17(2)12-16)29-25(32)18-4-3-5-21(13-18)28-26(33)19-14-24(31)30(15-19)22-9-7-20(27)8-10-22/h3-13,19H,14-15H2,1-2H3,(H,28,33)(H,29,32)/t19-/m0/s1. The average Bonchev–Trinajstić information content (AvgIpc) is 3.18. The SMILES string of the molecule is Cc1ccc(NC(=O)c2cccc(NC(=O)[C@H]3CC(=O)N(c4ccc(Cl)cc4)C3)c2)c(C)c1. The van der Waals surface area contributed by atoms with Crippen LogP contribution in [0.25, 0.3) is 0 Å². The van der Waals surface area contributed by atoms with Gasteiger partial charge in [0.05, 0.1) is 5.92 Å². The van der Waals surface area contributed by atoms with E-state index in [0.717, 1.165) is 16.8 Å². The van der Waals surface area contributed by atoms with Crippen LogP contribution in [0.15, 0.2) is 66.7 Å². The third-order valence-corrected chi connectivity index (χ3v) is 5.91. The van der Waals surface area contributed by atoms with Crippen molar-refractivity contribution in [2.45, 2.75) is 20.3 Å². The molecule has 1 aliphatic rings. The van der Waals surface area contributed by atoms with Gasteiger partial charge < -0.3 is 15.5 Å². The molecule has 1 atom stereocenters. The molecule has 4 rings (SSSR count). The molecular formula is C26H24ClN3O3. The largest absolute Gasteiger partial charge is 0.326 e. The zero-order chi connectivity index (χ0) is 23.5. The van der Waals surface area contributed by atoms with E-state index in [1.54, 1.807) is 53.4 Å². The van der Waals surface area contributed by atoms with Gasteiger partial charge in [-0.3, -0.25) is 14.4 Å². The highest BCUT2D eigenvalue weighted by Crippen LogP contribution is 2.27. The van der Waals surface area contributed by atoms with E-state index in [0.29, 0.717) is 28.5 Å². The first-order valence-corrected chi connectivity index (χ1v) is 11.0. The molecule has 3 aromatic rings. The van der Waals surface area contributed by atoms with Gasteiger partial charge in [0.2, 0.25) is 11.8 Å². The summed E-state index contributed by atoms with van der Waals surface area (Å²) in [5.74, 6) is -1.12. The van der Waals surface area contributed by atoms with Gasteiger partial charge in [0.15, 0.2) is 0 Å². The fraction of sp³-hybridized carbons (Fsp3) is 0.192. The zero-order valence-corrected chi connectivity index (χ0v) is 19.1. The van der Waals surface area contributed by atoms with Crippen LogP contribution in [0, 0.1) is 19.8 Å². The first-order valence-electron chi connectivity index (χ1n) is 10.7. The number of anilines is 3. The maximum absolute atomic E-state index is 12.8. The lowest BCUT2D eigenvalue weighted by Crippen LogP contribution is -2.28. The Labute approximate surface area is 197 Å². The van der Waals surface area contributed by atoms with Gasteiger partial charge in [-0.15, -0.1) is 0 Å². The van der Waals surface area contributed by atoms with Crippen molar-refractivity contribution in [2.24, 2.45) is 5.92 Å². The Hall–Kier alpha value is -3.64. The fourth-order valence-electron chi connectivity index (χ4n) is 3.88. The minimum absolute atomic E-state index is 0.112. The van der Waals surface area contributed by atoms with Gasteiger partial charge in [-0.2, -0.15) is 0 Å². The number of nitrogens with zero attached hydrogens (tertiary/aromatic N) is 1. The molecule has 1 fully saturated rings. The summed E-state index contributed by atoms with van der Waals surface area (Å²) in [6, 6.07) is 19.5. The smallest absolute Gasteiger partial charge is 0.255 e. The predicted octanol–water partition coefficient (Wildman–Crippen LogP) is 5.20. The van der Waals surface area contributed by atoms with E-state index < -0.39 is 5.92 Å². The van der Waals surface area contributed by atoms with Crippen LogP contribution < -0.4 is 15.5 Å². The van der Waals surface area contributed by atoms with E-state index in [9.17, 15) is 14.4 Å². The average molecular weight is 462 g/mol. The quantitative estimate of drug-likeness (QED) is 0.548. The van der Waals surface area contributed by atoms with Crippen molar-refractivity contribution in [1.82, 2.24) is 0 Å². The normalized spacial score (nSPS) is 15.4. The monoisotopic (exact) mass is 461 g/mol. The summed E-state index contributed by atoms with van der Waals surface area (Å²) >= 11 is 5.92. The summed E-state index contributed by atoms with van der Waals surface area (Å²) in [6.45, 7) is 4.23. The van der Waals surface area contributed by atoms with Crippen molar-refractivity contribution in [2.75, 3.05) is 22.1 Å². The lowest BCUT2D eigenvalue weighted by molar-refractivity contribution is -0.122. The lowest BCUT2D eigenvalue weighted by Gasteiger charge is -2.17. The number of carbonyl (C=O) groups excluding carboxylic acids is 3. The molecule has 3 amide bonds. The van der Waals surface area contributed by atoms with Gasteiger partial charge in [-0.05, 0) is 67.9 Å². The second-order valence-corrected chi connectivity index (χ2v) is 8.66. The molecule has 1 saturated heterocycles. The van der Waals surface area contributed by atoms with Gasteiger partial charge in [0.25, 0.3) is 5.91 Å². The van der Waals surface area contributed by atoms with E-state index in [-0.39, 0.29) is 24.1 Å². The molecule has 168 valence electrons. The summed E-state index contributed by atoms with van der Waals surface area (Å²) in [7, 11) is 0. The summed E-state index contributed by atoms with van der Waals surface area (Å²) in [5, 5.41) is 6.34. The van der Waals surface area contributed by atoms with Crippen molar-refractivity contribution < 1.29 is 14.4 Å². The molecule has 0 saturated carbocycles. The van der Waals surface area contributed by atoms with Crippen LogP contribution in [0.1, 0.15) is 27.9 Å². The second-order valence-electron chi connectivity index (χ2n) is 8.22. The summed E-state index contributed by atoms with van der Waals surface area (Å²) in [5.41, 5.74) is 4.49. The van der Waals surface area contributed by atoms with Gasteiger partial charge in [-0.1, -0.05) is 35.4 Å². The van der Waals surface area contributed by atoms with Gasteiger partial charge >= 0.3 is 0 Å². The maximum atomic E-state index is 12.8. The first kappa shape index (κ1) is 22.6. The lowest BCUT2D eigenvalue weighted by atomic mass is 10.1. The number of amides is 3. The van der Waals surface area contributed by atoms with Gasteiger partial charge in [-0.25, -0.2) is 0 Å². The molecule has 0 unspecified atom stereocenters.